The second-order valence-corrected chi connectivity index (χ2v) is 6.26. The standard InChI is InChI=1S/C14H26N2O2/c1-10-3-6-14(18,7-4-10)9-16-13(17)12-5-8-15-11(12)2/h10-12,15,18H,3-9H2,1-2H3,(H,16,17). The molecule has 18 heavy (non-hydrogen) atoms. The lowest BCUT2D eigenvalue weighted by Crippen LogP contribution is -2.47. The highest BCUT2D eigenvalue weighted by Crippen LogP contribution is 2.31. The Kier molecular flexibility index (Phi) is 4.28. The molecule has 3 N–H and O–H groups in total. The van der Waals surface area contributed by atoms with Crippen molar-refractivity contribution in [2.45, 2.75) is 57.6 Å². The van der Waals surface area contributed by atoms with Crippen LogP contribution in [0.1, 0.15) is 46.0 Å². The van der Waals surface area contributed by atoms with Gasteiger partial charge in [-0.3, -0.25) is 4.79 Å². The van der Waals surface area contributed by atoms with Crippen LogP contribution in [-0.2, 0) is 4.79 Å². The van der Waals surface area contributed by atoms with E-state index in [2.05, 4.69) is 17.6 Å². The third-order valence-corrected chi connectivity index (χ3v) is 4.66. The van der Waals surface area contributed by atoms with Crippen molar-refractivity contribution in [2.24, 2.45) is 11.8 Å². The summed E-state index contributed by atoms with van der Waals surface area (Å²) in [6.45, 7) is 5.61. The van der Waals surface area contributed by atoms with E-state index in [0.29, 0.717) is 12.5 Å². The van der Waals surface area contributed by atoms with Crippen LogP contribution < -0.4 is 10.6 Å². The van der Waals surface area contributed by atoms with E-state index >= 15 is 0 Å². The second kappa shape index (κ2) is 5.57. The maximum atomic E-state index is 12.0. The molecule has 0 radical (unpaired) electrons. The molecule has 1 saturated heterocycles. The molecule has 2 unspecified atom stereocenters. The van der Waals surface area contributed by atoms with E-state index in [1.54, 1.807) is 0 Å². The van der Waals surface area contributed by atoms with Crippen molar-refractivity contribution in [1.82, 2.24) is 10.6 Å². The molecule has 1 aliphatic carbocycles. The quantitative estimate of drug-likeness (QED) is 0.705. The molecule has 0 aromatic carbocycles. The molecule has 0 aromatic rings. The average molecular weight is 254 g/mol. The van der Waals surface area contributed by atoms with Crippen LogP contribution in [0.4, 0.5) is 0 Å². The third-order valence-electron chi connectivity index (χ3n) is 4.66. The maximum absolute atomic E-state index is 12.0. The van der Waals surface area contributed by atoms with Crippen LogP contribution in [0.25, 0.3) is 0 Å². The molecule has 1 aliphatic heterocycles. The van der Waals surface area contributed by atoms with Gasteiger partial charge >= 0.3 is 0 Å². The fourth-order valence-electron chi connectivity index (χ4n) is 3.08. The van der Waals surface area contributed by atoms with E-state index in [9.17, 15) is 9.90 Å². The van der Waals surface area contributed by atoms with Gasteiger partial charge in [-0.1, -0.05) is 6.92 Å². The molecule has 1 heterocycles. The van der Waals surface area contributed by atoms with Crippen LogP contribution >= 0.6 is 0 Å². The lowest BCUT2D eigenvalue weighted by atomic mass is 9.79. The summed E-state index contributed by atoms with van der Waals surface area (Å²) in [6, 6.07) is 0.256. The van der Waals surface area contributed by atoms with E-state index < -0.39 is 5.60 Å². The Morgan fingerprint density at radius 1 is 1.33 bits per heavy atom. The summed E-state index contributed by atoms with van der Waals surface area (Å²) in [5.41, 5.74) is -0.669. The van der Waals surface area contributed by atoms with Crippen LogP contribution in [0, 0.1) is 11.8 Å². The zero-order valence-corrected chi connectivity index (χ0v) is 11.5. The minimum Gasteiger partial charge on any atom is -0.388 e. The first-order valence-electron chi connectivity index (χ1n) is 7.24. The largest absolute Gasteiger partial charge is 0.388 e. The summed E-state index contributed by atoms with van der Waals surface area (Å²) in [6.07, 6.45) is 4.66. The van der Waals surface area contributed by atoms with Crippen LogP contribution in [0.5, 0.6) is 0 Å². The number of amides is 1. The zero-order valence-electron chi connectivity index (χ0n) is 11.5. The van der Waals surface area contributed by atoms with Crippen molar-refractivity contribution in [3.05, 3.63) is 0 Å². The first-order chi connectivity index (χ1) is 8.50. The minimum absolute atomic E-state index is 0.0658. The van der Waals surface area contributed by atoms with E-state index in [-0.39, 0.29) is 17.9 Å². The van der Waals surface area contributed by atoms with Crippen molar-refractivity contribution in [3.63, 3.8) is 0 Å². The van der Waals surface area contributed by atoms with Gasteiger partial charge in [-0.15, -0.1) is 0 Å². The Morgan fingerprint density at radius 2 is 2.00 bits per heavy atom. The summed E-state index contributed by atoms with van der Waals surface area (Å²) < 4.78 is 0. The Bertz CT molecular complexity index is 298. The van der Waals surface area contributed by atoms with E-state index in [1.165, 1.54) is 0 Å². The topological polar surface area (TPSA) is 61.4 Å². The number of aliphatic hydroxyl groups is 1. The van der Waals surface area contributed by atoms with Crippen molar-refractivity contribution < 1.29 is 9.90 Å². The van der Waals surface area contributed by atoms with Crippen LogP contribution in [0.3, 0.4) is 0 Å². The third kappa shape index (κ3) is 3.23. The second-order valence-electron chi connectivity index (χ2n) is 6.26. The lowest BCUT2D eigenvalue weighted by Gasteiger charge is -2.35. The maximum Gasteiger partial charge on any atom is 0.224 e. The molecule has 104 valence electrons. The Morgan fingerprint density at radius 3 is 2.56 bits per heavy atom. The molecule has 2 fully saturated rings. The number of hydrogen-bond donors (Lipinski definition) is 3. The summed E-state index contributed by atoms with van der Waals surface area (Å²) >= 11 is 0. The molecule has 0 bridgehead atoms. The first-order valence-corrected chi connectivity index (χ1v) is 7.24. The lowest BCUT2D eigenvalue weighted by molar-refractivity contribution is -0.126. The van der Waals surface area contributed by atoms with Gasteiger partial charge in [0.25, 0.3) is 0 Å². The molecule has 1 saturated carbocycles. The highest BCUT2D eigenvalue weighted by Gasteiger charge is 2.34. The van der Waals surface area contributed by atoms with Crippen molar-refractivity contribution in [2.75, 3.05) is 13.1 Å². The SMILES string of the molecule is CC1CCC(O)(CNC(=O)C2CCNC2C)CC1. The first kappa shape index (κ1) is 13.8. The van der Waals surface area contributed by atoms with Gasteiger partial charge in [0, 0.05) is 12.6 Å². The van der Waals surface area contributed by atoms with Gasteiger partial charge in [-0.05, 0) is 51.5 Å². The number of carbonyl (C=O) groups excluding carboxylic acids is 1. The normalized spacial score (nSPS) is 40.7. The minimum atomic E-state index is -0.669. The smallest absolute Gasteiger partial charge is 0.224 e. The van der Waals surface area contributed by atoms with E-state index in [1.807, 2.05) is 6.92 Å². The van der Waals surface area contributed by atoms with Gasteiger partial charge in [-0.2, -0.15) is 0 Å². The Balaban J connectivity index is 1.78. The highest BCUT2D eigenvalue weighted by atomic mass is 16.3. The van der Waals surface area contributed by atoms with Gasteiger partial charge in [-0.25, -0.2) is 0 Å². The molecular formula is C14H26N2O2. The molecule has 0 spiro atoms. The number of hydrogen-bond acceptors (Lipinski definition) is 3. The molecule has 4 nitrogen and oxygen atoms in total. The highest BCUT2D eigenvalue weighted by molar-refractivity contribution is 5.79. The zero-order chi connectivity index (χ0) is 13.2. The molecule has 4 heteroatoms. The molecule has 2 rings (SSSR count). The fraction of sp³-hybridized carbons (Fsp3) is 0.929. The molecule has 2 atom stereocenters. The summed E-state index contributed by atoms with van der Waals surface area (Å²) in [7, 11) is 0. The van der Waals surface area contributed by atoms with Crippen molar-refractivity contribution in [3.8, 4) is 0 Å². The van der Waals surface area contributed by atoms with E-state index in [0.717, 1.165) is 38.6 Å². The van der Waals surface area contributed by atoms with Gasteiger partial charge in [0.05, 0.1) is 11.5 Å². The van der Waals surface area contributed by atoms with Crippen LogP contribution in [0.2, 0.25) is 0 Å². The molecular weight excluding hydrogens is 228 g/mol. The predicted octanol–water partition coefficient (Wildman–Crippen LogP) is 1.04. The van der Waals surface area contributed by atoms with E-state index in [4.69, 9.17) is 0 Å². The summed E-state index contributed by atoms with van der Waals surface area (Å²) in [4.78, 5) is 12.0. The monoisotopic (exact) mass is 254 g/mol. The van der Waals surface area contributed by atoms with Gasteiger partial charge in [0.1, 0.15) is 0 Å². The number of nitrogens with one attached hydrogen (secondary N) is 2. The van der Waals surface area contributed by atoms with Gasteiger partial charge in [0.15, 0.2) is 0 Å². The molecule has 2 aliphatic rings. The van der Waals surface area contributed by atoms with Crippen molar-refractivity contribution >= 4 is 5.91 Å². The van der Waals surface area contributed by atoms with Gasteiger partial charge < -0.3 is 15.7 Å². The van der Waals surface area contributed by atoms with Crippen LogP contribution in [-0.4, -0.2) is 35.7 Å². The van der Waals surface area contributed by atoms with Gasteiger partial charge in [0.2, 0.25) is 5.91 Å². The Labute approximate surface area is 110 Å². The fourth-order valence-corrected chi connectivity index (χ4v) is 3.08. The number of rotatable bonds is 3. The Hall–Kier alpha value is -0.610. The van der Waals surface area contributed by atoms with Crippen LogP contribution in [0.15, 0.2) is 0 Å². The molecule has 0 aromatic heterocycles. The number of carbonyl (C=O) groups is 1. The molecule has 1 amide bonds. The van der Waals surface area contributed by atoms with Crippen molar-refractivity contribution in [1.29, 1.82) is 0 Å². The summed E-state index contributed by atoms with van der Waals surface area (Å²) in [5.74, 6) is 0.871. The summed E-state index contributed by atoms with van der Waals surface area (Å²) in [5, 5.41) is 16.6. The predicted molar refractivity (Wildman–Crippen MR) is 71.2 cm³/mol. The average Bonchev–Trinajstić information content (AvgIpc) is 2.77.